The molecule has 21 heavy (non-hydrogen) atoms. The summed E-state index contributed by atoms with van der Waals surface area (Å²) in [5.41, 5.74) is 2.04. The molecule has 0 saturated carbocycles. The minimum Gasteiger partial charge on any atom is -0.465 e. The zero-order valence-electron chi connectivity index (χ0n) is 11.6. The first-order valence-electron chi connectivity index (χ1n) is 6.41. The number of para-hydroxylation sites is 1. The van der Waals surface area contributed by atoms with Gasteiger partial charge in [-0.05, 0) is 35.9 Å². The van der Waals surface area contributed by atoms with Crippen LogP contribution >= 0.6 is 0 Å². The first kappa shape index (κ1) is 14.5. The van der Waals surface area contributed by atoms with Gasteiger partial charge in [0.15, 0.2) is 0 Å². The van der Waals surface area contributed by atoms with Gasteiger partial charge in [-0.3, -0.25) is 4.79 Å². The molecule has 0 aliphatic heterocycles. The number of ether oxygens (including phenoxy) is 1. The van der Waals surface area contributed by atoms with Crippen molar-refractivity contribution in [3.8, 4) is 0 Å². The molecular weight excluding hydrogens is 266 g/mol. The van der Waals surface area contributed by atoms with E-state index in [-0.39, 0.29) is 11.9 Å². The van der Waals surface area contributed by atoms with Gasteiger partial charge >= 0.3 is 5.97 Å². The highest BCUT2D eigenvalue weighted by Crippen LogP contribution is 2.08. The van der Waals surface area contributed by atoms with Gasteiger partial charge in [-0.25, -0.2) is 4.79 Å². The predicted molar refractivity (Wildman–Crippen MR) is 81.9 cm³/mol. The molecule has 0 fully saturated rings. The van der Waals surface area contributed by atoms with E-state index >= 15 is 0 Å². The molecule has 106 valence electrons. The van der Waals surface area contributed by atoms with E-state index in [1.54, 1.807) is 30.3 Å². The lowest BCUT2D eigenvalue weighted by molar-refractivity contribution is -0.111. The highest BCUT2D eigenvalue weighted by atomic mass is 16.5. The molecule has 0 aliphatic rings. The van der Waals surface area contributed by atoms with E-state index in [1.807, 2.05) is 30.3 Å². The maximum atomic E-state index is 11.7. The Kier molecular flexibility index (Phi) is 4.88. The SMILES string of the molecule is COC(=O)c1ccc(C=CC(=O)Nc2ccccc2)cc1. The highest BCUT2D eigenvalue weighted by Gasteiger charge is 2.03. The highest BCUT2D eigenvalue weighted by molar-refractivity contribution is 6.02. The van der Waals surface area contributed by atoms with E-state index in [0.717, 1.165) is 11.3 Å². The summed E-state index contributed by atoms with van der Waals surface area (Å²) >= 11 is 0. The van der Waals surface area contributed by atoms with Crippen LogP contribution in [0.4, 0.5) is 5.69 Å². The lowest BCUT2D eigenvalue weighted by atomic mass is 10.1. The maximum absolute atomic E-state index is 11.7. The number of anilines is 1. The van der Waals surface area contributed by atoms with Gasteiger partial charge in [-0.15, -0.1) is 0 Å². The number of esters is 1. The summed E-state index contributed by atoms with van der Waals surface area (Å²) in [6, 6.07) is 16.0. The summed E-state index contributed by atoms with van der Waals surface area (Å²) in [4.78, 5) is 23.0. The Balaban J connectivity index is 1.97. The number of hydrogen-bond donors (Lipinski definition) is 1. The third-order valence-corrected chi connectivity index (χ3v) is 2.80. The van der Waals surface area contributed by atoms with Gasteiger partial charge in [0, 0.05) is 11.8 Å². The number of hydrogen-bond acceptors (Lipinski definition) is 3. The van der Waals surface area contributed by atoms with Crippen molar-refractivity contribution in [2.75, 3.05) is 12.4 Å². The molecule has 2 rings (SSSR count). The Hall–Kier alpha value is -2.88. The van der Waals surface area contributed by atoms with Crippen LogP contribution in [0.5, 0.6) is 0 Å². The molecule has 0 spiro atoms. The maximum Gasteiger partial charge on any atom is 0.337 e. The standard InChI is InChI=1S/C17H15NO3/c1-21-17(20)14-10-7-13(8-11-14)9-12-16(19)18-15-5-3-2-4-6-15/h2-12H,1H3,(H,18,19). The van der Waals surface area contributed by atoms with E-state index in [9.17, 15) is 9.59 Å². The third-order valence-electron chi connectivity index (χ3n) is 2.80. The van der Waals surface area contributed by atoms with Gasteiger partial charge in [0.2, 0.25) is 5.91 Å². The number of nitrogens with one attached hydrogen (secondary N) is 1. The summed E-state index contributed by atoms with van der Waals surface area (Å²) in [5, 5.41) is 2.75. The summed E-state index contributed by atoms with van der Waals surface area (Å²) in [6.07, 6.45) is 3.12. The number of rotatable bonds is 4. The van der Waals surface area contributed by atoms with Crippen LogP contribution in [0.15, 0.2) is 60.7 Å². The van der Waals surface area contributed by atoms with E-state index in [0.29, 0.717) is 5.56 Å². The van der Waals surface area contributed by atoms with E-state index in [2.05, 4.69) is 10.1 Å². The van der Waals surface area contributed by atoms with Crippen molar-refractivity contribution < 1.29 is 14.3 Å². The molecule has 0 saturated heterocycles. The van der Waals surface area contributed by atoms with Crippen molar-refractivity contribution in [3.63, 3.8) is 0 Å². The van der Waals surface area contributed by atoms with Gasteiger partial charge in [0.25, 0.3) is 0 Å². The molecule has 0 aliphatic carbocycles. The van der Waals surface area contributed by atoms with Crippen molar-refractivity contribution >= 4 is 23.6 Å². The Morgan fingerprint density at radius 2 is 1.67 bits per heavy atom. The second-order valence-corrected chi connectivity index (χ2v) is 4.30. The third kappa shape index (κ3) is 4.31. The minimum absolute atomic E-state index is 0.210. The average molecular weight is 281 g/mol. The molecule has 0 atom stereocenters. The Labute approximate surface area is 123 Å². The Morgan fingerprint density at radius 3 is 2.29 bits per heavy atom. The Bertz CT molecular complexity index is 645. The minimum atomic E-state index is -0.382. The molecule has 4 heteroatoms. The van der Waals surface area contributed by atoms with E-state index in [1.165, 1.54) is 13.2 Å². The second kappa shape index (κ2) is 7.05. The van der Waals surface area contributed by atoms with Gasteiger partial charge in [-0.1, -0.05) is 30.3 Å². The van der Waals surface area contributed by atoms with Gasteiger partial charge in [-0.2, -0.15) is 0 Å². The molecule has 2 aromatic carbocycles. The number of benzene rings is 2. The van der Waals surface area contributed by atoms with Gasteiger partial charge in [0.1, 0.15) is 0 Å². The Morgan fingerprint density at radius 1 is 1.00 bits per heavy atom. The average Bonchev–Trinajstić information content (AvgIpc) is 2.53. The predicted octanol–water partition coefficient (Wildman–Crippen LogP) is 3.13. The van der Waals surface area contributed by atoms with Crippen molar-refractivity contribution in [1.82, 2.24) is 0 Å². The summed E-state index contributed by atoms with van der Waals surface area (Å²) in [6.45, 7) is 0. The molecule has 0 bridgehead atoms. The lowest BCUT2D eigenvalue weighted by Crippen LogP contribution is -2.07. The molecule has 0 radical (unpaired) electrons. The van der Waals surface area contributed by atoms with Crippen LogP contribution in [0.25, 0.3) is 6.08 Å². The fourth-order valence-electron chi connectivity index (χ4n) is 1.73. The fourth-order valence-corrected chi connectivity index (χ4v) is 1.73. The first-order chi connectivity index (χ1) is 10.2. The van der Waals surface area contributed by atoms with Crippen LogP contribution in [0.3, 0.4) is 0 Å². The fraction of sp³-hybridized carbons (Fsp3) is 0.0588. The first-order valence-corrected chi connectivity index (χ1v) is 6.41. The van der Waals surface area contributed by atoms with Crippen molar-refractivity contribution in [2.24, 2.45) is 0 Å². The molecular formula is C17H15NO3. The van der Waals surface area contributed by atoms with Gasteiger partial charge in [0.05, 0.1) is 12.7 Å². The van der Waals surface area contributed by atoms with Crippen molar-refractivity contribution in [3.05, 3.63) is 71.8 Å². The monoisotopic (exact) mass is 281 g/mol. The molecule has 4 nitrogen and oxygen atoms in total. The summed E-state index contributed by atoms with van der Waals surface area (Å²) in [7, 11) is 1.34. The van der Waals surface area contributed by atoms with Crippen molar-refractivity contribution in [1.29, 1.82) is 0 Å². The second-order valence-electron chi connectivity index (χ2n) is 4.30. The van der Waals surface area contributed by atoms with Gasteiger partial charge < -0.3 is 10.1 Å². The lowest BCUT2D eigenvalue weighted by Gasteiger charge is -2.01. The number of carbonyl (C=O) groups is 2. The smallest absolute Gasteiger partial charge is 0.337 e. The molecule has 1 amide bonds. The van der Waals surface area contributed by atoms with Crippen molar-refractivity contribution in [2.45, 2.75) is 0 Å². The quantitative estimate of drug-likeness (QED) is 0.692. The van der Waals surface area contributed by atoms with Crippen LogP contribution in [-0.4, -0.2) is 19.0 Å². The topological polar surface area (TPSA) is 55.4 Å². The number of amides is 1. The zero-order valence-corrected chi connectivity index (χ0v) is 11.6. The molecule has 0 aromatic heterocycles. The normalized spacial score (nSPS) is 10.3. The zero-order chi connectivity index (χ0) is 15.1. The summed E-state index contributed by atoms with van der Waals surface area (Å²) < 4.78 is 4.62. The van der Waals surface area contributed by atoms with Crippen LogP contribution in [0, 0.1) is 0 Å². The van der Waals surface area contributed by atoms with Crippen LogP contribution in [0.1, 0.15) is 15.9 Å². The molecule has 1 N–H and O–H groups in total. The van der Waals surface area contributed by atoms with E-state index in [4.69, 9.17) is 0 Å². The number of carbonyl (C=O) groups excluding carboxylic acids is 2. The van der Waals surface area contributed by atoms with E-state index < -0.39 is 0 Å². The van der Waals surface area contributed by atoms with Crippen LogP contribution < -0.4 is 5.32 Å². The van der Waals surface area contributed by atoms with Crippen LogP contribution in [-0.2, 0) is 9.53 Å². The molecule has 2 aromatic rings. The molecule has 0 unspecified atom stereocenters. The summed E-state index contributed by atoms with van der Waals surface area (Å²) in [5.74, 6) is -0.592. The molecule has 0 heterocycles. The van der Waals surface area contributed by atoms with Crippen LogP contribution in [0.2, 0.25) is 0 Å². The number of methoxy groups -OCH3 is 1. The largest absolute Gasteiger partial charge is 0.465 e.